The SMILES string of the molecule is CCN(Cc1ccccc1)c1cnnc(N2CCCCCC2)n1. The summed E-state index contributed by atoms with van der Waals surface area (Å²) in [5.74, 6) is 1.68. The molecule has 0 aliphatic carbocycles. The van der Waals surface area contributed by atoms with Crippen molar-refractivity contribution in [1.82, 2.24) is 15.2 Å². The molecule has 0 saturated carbocycles. The van der Waals surface area contributed by atoms with Gasteiger partial charge in [-0.1, -0.05) is 43.2 Å². The van der Waals surface area contributed by atoms with Gasteiger partial charge in [0.05, 0.1) is 6.20 Å². The second-order valence-electron chi connectivity index (χ2n) is 6.02. The van der Waals surface area contributed by atoms with E-state index in [9.17, 15) is 0 Å². The Kier molecular flexibility index (Phi) is 5.40. The summed E-state index contributed by atoms with van der Waals surface area (Å²) in [4.78, 5) is 9.30. The Balaban J connectivity index is 1.76. The number of anilines is 2. The second-order valence-corrected chi connectivity index (χ2v) is 6.02. The monoisotopic (exact) mass is 311 g/mol. The highest BCUT2D eigenvalue weighted by molar-refractivity contribution is 5.42. The quantitative estimate of drug-likeness (QED) is 0.848. The van der Waals surface area contributed by atoms with Gasteiger partial charge < -0.3 is 9.80 Å². The molecule has 2 aromatic rings. The molecule has 0 unspecified atom stereocenters. The number of hydrogen-bond donors (Lipinski definition) is 0. The van der Waals surface area contributed by atoms with Gasteiger partial charge in [-0.05, 0) is 25.3 Å². The molecule has 1 saturated heterocycles. The average Bonchev–Trinajstić information content (AvgIpc) is 2.90. The molecule has 3 rings (SSSR count). The van der Waals surface area contributed by atoms with E-state index in [0.717, 1.165) is 37.9 Å². The Morgan fingerprint density at radius 3 is 2.48 bits per heavy atom. The van der Waals surface area contributed by atoms with Crippen molar-refractivity contribution in [2.45, 2.75) is 39.2 Å². The predicted octanol–water partition coefficient (Wildman–Crippen LogP) is 3.28. The molecular formula is C18H25N5. The third-order valence-corrected chi connectivity index (χ3v) is 4.35. The summed E-state index contributed by atoms with van der Waals surface area (Å²) in [6, 6.07) is 10.5. The summed E-state index contributed by atoms with van der Waals surface area (Å²) < 4.78 is 0. The third-order valence-electron chi connectivity index (χ3n) is 4.35. The standard InChI is InChI=1S/C18H25N5/c1-2-22(15-16-10-6-5-7-11-16)17-14-19-21-18(20-17)23-12-8-3-4-9-13-23/h5-7,10-11,14H,2-4,8-9,12-13,15H2,1H3. The van der Waals surface area contributed by atoms with Crippen LogP contribution in [-0.2, 0) is 6.54 Å². The number of nitrogens with zero attached hydrogens (tertiary/aromatic N) is 5. The van der Waals surface area contributed by atoms with Gasteiger partial charge in [-0.2, -0.15) is 10.1 Å². The Hall–Kier alpha value is -2.17. The summed E-state index contributed by atoms with van der Waals surface area (Å²) in [6.45, 7) is 5.96. The number of hydrogen-bond acceptors (Lipinski definition) is 5. The molecule has 0 atom stereocenters. The Bertz CT molecular complexity index is 593. The van der Waals surface area contributed by atoms with Crippen LogP contribution in [0.25, 0.3) is 0 Å². The molecule has 0 radical (unpaired) electrons. The lowest BCUT2D eigenvalue weighted by Crippen LogP contribution is -2.28. The van der Waals surface area contributed by atoms with Crippen molar-refractivity contribution in [2.24, 2.45) is 0 Å². The van der Waals surface area contributed by atoms with Gasteiger partial charge in [0.1, 0.15) is 0 Å². The van der Waals surface area contributed by atoms with Crippen LogP contribution < -0.4 is 9.80 Å². The van der Waals surface area contributed by atoms with Crippen molar-refractivity contribution in [3.8, 4) is 0 Å². The fraction of sp³-hybridized carbons (Fsp3) is 0.500. The second kappa shape index (κ2) is 7.90. The van der Waals surface area contributed by atoms with Crippen LogP contribution in [0.15, 0.2) is 36.5 Å². The van der Waals surface area contributed by atoms with Crippen molar-refractivity contribution in [1.29, 1.82) is 0 Å². The van der Waals surface area contributed by atoms with Crippen LogP contribution in [0.1, 0.15) is 38.2 Å². The highest BCUT2D eigenvalue weighted by Gasteiger charge is 2.15. The molecule has 5 heteroatoms. The minimum absolute atomic E-state index is 0.774. The summed E-state index contributed by atoms with van der Waals surface area (Å²) in [5.41, 5.74) is 1.28. The van der Waals surface area contributed by atoms with Gasteiger partial charge in [0.25, 0.3) is 0 Å². The molecule has 122 valence electrons. The van der Waals surface area contributed by atoms with Crippen LogP contribution in [0.3, 0.4) is 0 Å². The molecule has 0 bridgehead atoms. The molecule has 0 spiro atoms. The Labute approximate surface area is 138 Å². The summed E-state index contributed by atoms with van der Waals surface area (Å²) in [7, 11) is 0. The van der Waals surface area contributed by atoms with Gasteiger partial charge in [-0.15, -0.1) is 5.10 Å². The molecule has 1 aliphatic heterocycles. The molecule has 1 fully saturated rings. The van der Waals surface area contributed by atoms with E-state index in [-0.39, 0.29) is 0 Å². The molecule has 1 aromatic carbocycles. The lowest BCUT2D eigenvalue weighted by molar-refractivity contribution is 0.726. The van der Waals surface area contributed by atoms with E-state index < -0.39 is 0 Å². The minimum Gasteiger partial charge on any atom is -0.351 e. The number of benzene rings is 1. The fourth-order valence-corrected chi connectivity index (χ4v) is 3.00. The fourth-order valence-electron chi connectivity index (χ4n) is 3.00. The van der Waals surface area contributed by atoms with E-state index in [0.29, 0.717) is 0 Å². The maximum Gasteiger partial charge on any atom is 0.247 e. The average molecular weight is 311 g/mol. The zero-order valence-corrected chi connectivity index (χ0v) is 13.9. The van der Waals surface area contributed by atoms with Gasteiger partial charge in [0.15, 0.2) is 5.82 Å². The van der Waals surface area contributed by atoms with Gasteiger partial charge >= 0.3 is 0 Å². The Morgan fingerprint density at radius 2 is 1.78 bits per heavy atom. The van der Waals surface area contributed by atoms with Gasteiger partial charge in [-0.3, -0.25) is 0 Å². The van der Waals surface area contributed by atoms with E-state index in [1.165, 1.54) is 31.2 Å². The van der Waals surface area contributed by atoms with Crippen molar-refractivity contribution < 1.29 is 0 Å². The maximum absolute atomic E-state index is 4.78. The largest absolute Gasteiger partial charge is 0.351 e. The van der Waals surface area contributed by atoms with Crippen LogP contribution in [0.4, 0.5) is 11.8 Å². The molecule has 2 heterocycles. The summed E-state index contributed by atoms with van der Waals surface area (Å²) in [6.07, 6.45) is 6.81. The first-order valence-electron chi connectivity index (χ1n) is 8.60. The van der Waals surface area contributed by atoms with E-state index in [2.05, 4.69) is 51.2 Å². The van der Waals surface area contributed by atoms with Crippen molar-refractivity contribution in [2.75, 3.05) is 29.4 Å². The first kappa shape index (κ1) is 15.7. The third kappa shape index (κ3) is 4.18. The predicted molar refractivity (Wildman–Crippen MR) is 93.7 cm³/mol. The van der Waals surface area contributed by atoms with Crippen molar-refractivity contribution >= 4 is 11.8 Å². The van der Waals surface area contributed by atoms with E-state index in [1.807, 2.05) is 6.07 Å². The number of rotatable bonds is 5. The lowest BCUT2D eigenvalue weighted by atomic mass is 10.2. The van der Waals surface area contributed by atoms with Crippen molar-refractivity contribution in [3.63, 3.8) is 0 Å². The summed E-state index contributed by atoms with van der Waals surface area (Å²) >= 11 is 0. The molecule has 0 amide bonds. The smallest absolute Gasteiger partial charge is 0.247 e. The van der Waals surface area contributed by atoms with E-state index >= 15 is 0 Å². The molecule has 1 aromatic heterocycles. The molecule has 1 aliphatic rings. The van der Waals surface area contributed by atoms with Crippen LogP contribution in [0.5, 0.6) is 0 Å². The van der Waals surface area contributed by atoms with Crippen molar-refractivity contribution in [3.05, 3.63) is 42.1 Å². The zero-order valence-electron chi connectivity index (χ0n) is 13.9. The van der Waals surface area contributed by atoms with E-state index in [4.69, 9.17) is 4.98 Å². The van der Waals surface area contributed by atoms with Crippen LogP contribution >= 0.6 is 0 Å². The molecule has 5 nitrogen and oxygen atoms in total. The highest BCUT2D eigenvalue weighted by Crippen LogP contribution is 2.19. The minimum atomic E-state index is 0.774. The van der Waals surface area contributed by atoms with Gasteiger partial charge in [0.2, 0.25) is 5.95 Å². The first-order valence-corrected chi connectivity index (χ1v) is 8.60. The van der Waals surface area contributed by atoms with Crippen LogP contribution in [-0.4, -0.2) is 34.8 Å². The van der Waals surface area contributed by atoms with Crippen LogP contribution in [0.2, 0.25) is 0 Å². The van der Waals surface area contributed by atoms with Gasteiger partial charge in [0, 0.05) is 26.2 Å². The lowest BCUT2D eigenvalue weighted by Gasteiger charge is -2.24. The number of aromatic nitrogens is 3. The normalized spacial score (nSPS) is 15.3. The maximum atomic E-state index is 4.78. The molecular weight excluding hydrogens is 286 g/mol. The van der Waals surface area contributed by atoms with Crippen LogP contribution in [0, 0.1) is 0 Å². The summed E-state index contributed by atoms with van der Waals surface area (Å²) in [5, 5.41) is 8.47. The molecule has 23 heavy (non-hydrogen) atoms. The first-order chi connectivity index (χ1) is 11.4. The van der Waals surface area contributed by atoms with E-state index in [1.54, 1.807) is 6.20 Å². The zero-order chi connectivity index (χ0) is 15.9. The Morgan fingerprint density at radius 1 is 1.04 bits per heavy atom. The highest BCUT2D eigenvalue weighted by atomic mass is 15.3. The van der Waals surface area contributed by atoms with Gasteiger partial charge in [-0.25, -0.2) is 0 Å². The molecule has 0 N–H and O–H groups in total. The topological polar surface area (TPSA) is 45.2 Å².